The van der Waals surface area contributed by atoms with Gasteiger partial charge in [0.1, 0.15) is 24.3 Å². The second-order valence-electron chi connectivity index (χ2n) is 6.34. The molecule has 3 nitrogen and oxygen atoms in total. The van der Waals surface area contributed by atoms with Crippen molar-refractivity contribution in [3.63, 3.8) is 0 Å². The van der Waals surface area contributed by atoms with Crippen molar-refractivity contribution in [3.8, 4) is 0 Å². The van der Waals surface area contributed by atoms with Gasteiger partial charge in [-0.3, -0.25) is 0 Å². The predicted octanol–water partition coefficient (Wildman–Crippen LogP) is 1.82. The fourth-order valence-electron chi connectivity index (χ4n) is 3.05. The van der Waals surface area contributed by atoms with Gasteiger partial charge in [-0.15, -0.1) is 11.8 Å². The maximum Gasteiger partial charge on any atom is 0.123 e. The first-order valence-electron chi connectivity index (χ1n) is 8.50. The molecule has 1 fully saturated rings. The van der Waals surface area contributed by atoms with E-state index in [4.69, 9.17) is 0 Å². The number of aliphatic hydroxyl groups excluding tert-OH is 1. The van der Waals surface area contributed by atoms with Crippen molar-refractivity contribution < 1.29 is 18.8 Å². The zero-order valence-corrected chi connectivity index (χ0v) is 14.8. The highest BCUT2D eigenvalue weighted by molar-refractivity contribution is 7.99. The molecule has 1 saturated heterocycles. The first-order chi connectivity index (χ1) is 12.1. The molecule has 2 N–H and O–H groups in total. The summed E-state index contributed by atoms with van der Waals surface area (Å²) in [4.78, 5) is 4.60. The molecule has 0 amide bonds. The Morgan fingerprint density at radius 3 is 2.12 bits per heavy atom. The van der Waals surface area contributed by atoms with Crippen molar-refractivity contribution in [3.05, 3.63) is 60.2 Å². The van der Waals surface area contributed by atoms with E-state index in [1.807, 2.05) is 12.1 Å². The number of thioether (sulfide) groups is 1. The lowest BCUT2D eigenvalue weighted by atomic mass is 10.2. The van der Waals surface area contributed by atoms with Crippen molar-refractivity contribution in [1.29, 1.82) is 0 Å². The topological polar surface area (TPSA) is 27.9 Å². The molecule has 1 aliphatic heterocycles. The Kier molecular flexibility index (Phi) is 6.29. The number of nitrogens with zero attached hydrogens (tertiary/aromatic N) is 1. The van der Waals surface area contributed by atoms with E-state index in [-0.39, 0.29) is 17.7 Å². The number of hydrogen-bond donors (Lipinski definition) is 2. The van der Waals surface area contributed by atoms with Gasteiger partial charge in [-0.1, -0.05) is 0 Å². The van der Waals surface area contributed by atoms with Gasteiger partial charge in [-0.25, -0.2) is 8.78 Å². The summed E-state index contributed by atoms with van der Waals surface area (Å²) < 4.78 is 25.9. The SMILES string of the molecule is O[C@@H](CSc1ccc(F)cc1)C[NH+]1CCN(c2ccc(F)cc2)CC1. The van der Waals surface area contributed by atoms with Crippen LogP contribution in [0.4, 0.5) is 14.5 Å². The van der Waals surface area contributed by atoms with Crippen molar-refractivity contribution in [1.82, 2.24) is 0 Å². The first kappa shape index (κ1) is 18.2. The molecule has 1 heterocycles. The predicted molar refractivity (Wildman–Crippen MR) is 97.3 cm³/mol. The molecule has 3 rings (SSSR count). The van der Waals surface area contributed by atoms with Crippen LogP contribution in [0.2, 0.25) is 0 Å². The van der Waals surface area contributed by atoms with Gasteiger partial charge in [0, 0.05) is 16.3 Å². The number of rotatable bonds is 6. The standard InChI is InChI=1S/C19H22F2N2OS/c20-15-1-5-17(6-2-15)23-11-9-22(10-12-23)13-18(24)14-25-19-7-3-16(21)4-8-19/h1-8,18,24H,9-14H2/p+1/t18-/m1/s1. The Morgan fingerprint density at radius 2 is 1.52 bits per heavy atom. The van der Waals surface area contributed by atoms with E-state index in [0.717, 1.165) is 36.8 Å². The Labute approximate surface area is 151 Å². The molecule has 2 aromatic carbocycles. The van der Waals surface area contributed by atoms with Gasteiger partial charge in [0.2, 0.25) is 0 Å². The normalized spacial score (nSPS) is 16.8. The highest BCUT2D eigenvalue weighted by atomic mass is 32.2. The Morgan fingerprint density at radius 1 is 0.960 bits per heavy atom. The zero-order valence-electron chi connectivity index (χ0n) is 14.0. The maximum atomic E-state index is 13.0. The third kappa shape index (κ3) is 5.42. The van der Waals surface area contributed by atoms with Crippen LogP contribution < -0.4 is 9.80 Å². The summed E-state index contributed by atoms with van der Waals surface area (Å²) in [5.41, 5.74) is 1.05. The van der Waals surface area contributed by atoms with Crippen LogP contribution >= 0.6 is 11.8 Å². The van der Waals surface area contributed by atoms with Gasteiger partial charge >= 0.3 is 0 Å². The first-order valence-corrected chi connectivity index (χ1v) is 9.49. The van der Waals surface area contributed by atoms with Gasteiger partial charge < -0.3 is 14.9 Å². The number of anilines is 1. The number of quaternary nitrogens is 1. The molecule has 0 bridgehead atoms. The number of piperazine rings is 1. The Balaban J connectivity index is 1.40. The zero-order chi connectivity index (χ0) is 17.6. The Bertz CT molecular complexity index is 658. The van der Waals surface area contributed by atoms with Crippen LogP contribution in [0.5, 0.6) is 0 Å². The lowest BCUT2D eigenvalue weighted by Crippen LogP contribution is -3.15. The van der Waals surface area contributed by atoms with Crippen LogP contribution in [-0.2, 0) is 0 Å². The summed E-state index contributed by atoms with van der Waals surface area (Å²) in [5, 5.41) is 10.3. The molecule has 2 aromatic rings. The lowest BCUT2D eigenvalue weighted by Gasteiger charge is -2.34. The summed E-state index contributed by atoms with van der Waals surface area (Å²) in [6.07, 6.45) is -0.387. The van der Waals surface area contributed by atoms with E-state index in [0.29, 0.717) is 12.3 Å². The van der Waals surface area contributed by atoms with E-state index in [9.17, 15) is 13.9 Å². The van der Waals surface area contributed by atoms with Crippen LogP contribution in [0.25, 0.3) is 0 Å². The summed E-state index contributed by atoms with van der Waals surface area (Å²) in [7, 11) is 0. The average Bonchev–Trinajstić information content (AvgIpc) is 2.63. The summed E-state index contributed by atoms with van der Waals surface area (Å²) >= 11 is 1.55. The molecule has 0 radical (unpaired) electrons. The van der Waals surface area contributed by atoms with Gasteiger partial charge in [-0.05, 0) is 48.5 Å². The number of benzene rings is 2. The summed E-state index contributed by atoms with van der Waals surface area (Å²) in [6.45, 7) is 4.42. The minimum Gasteiger partial charge on any atom is -0.386 e. The van der Waals surface area contributed by atoms with Crippen LogP contribution in [0, 0.1) is 11.6 Å². The quantitative estimate of drug-likeness (QED) is 0.765. The van der Waals surface area contributed by atoms with Crippen molar-refractivity contribution >= 4 is 17.4 Å². The fourth-order valence-corrected chi connectivity index (χ4v) is 3.88. The van der Waals surface area contributed by atoms with E-state index < -0.39 is 0 Å². The van der Waals surface area contributed by atoms with Gasteiger partial charge in [0.15, 0.2) is 0 Å². The van der Waals surface area contributed by atoms with E-state index in [1.54, 1.807) is 23.9 Å². The summed E-state index contributed by atoms with van der Waals surface area (Å²) in [5.74, 6) is 0.153. The molecule has 0 spiro atoms. The monoisotopic (exact) mass is 365 g/mol. The molecule has 1 aliphatic rings. The van der Waals surface area contributed by atoms with Crippen LogP contribution in [-0.4, -0.2) is 49.7 Å². The van der Waals surface area contributed by atoms with Gasteiger partial charge in [-0.2, -0.15) is 0 Å². The highest BCUT2D eigenvalue weighted by Gasteiger charge is 2.22. The number of aliphatic hydroxyl groups is 1. The van der Waals surface area contributed by atoms with Gasteiger partial charge in [0.25, 0.3) is 0 Å². The molecule has 25 heavy (non-hydrogen) atoms. The van der Waals surface area contributed by atoms with E-state index in [1.165, 1.54) is 29.2 Å². The summed E-state index contributed by atoms with van der Waals surface area (Å²) in [6, 6.07) is 13.0. The van der Waals surface area contributed by atoms with Gasteiger partial charge in [0.05, 0.1) is 26.2 Å². The molecule has 0 aliphatic carbocycles. The molecule has 0 saturated carbocycles. The average molecular weight is 365 g/mol. The van der Waals surface area contributed by atoms with Crippen molar-refractivity contribution in [2.75, 3.05) is 43.4 Å². The molecule has 1 atom stereocenters. The number of halogens is 2. The molecule has 0 unspecified atom stereocenters. The minimum absolute atomic E-state index is 0.213. The second-order valence-corrected chi connectivity index (χ2v) is 7.43. The van der Waals surface area contributed by atoms with Crippen LogP contribution in [0.3, 0.4) is 0 Å². The van der Waals surface area contributed by atoms with E-state index >= 15 is 0 Å². The maximum absolute atomic E-state index is 13.0. The van der Waals surface area contributed by atoms with Crippen molar-refractivity contribution in [2.24, 2.45) is 0 Å². The molecular formula is C19H23F2N2OS+. The third-order valence-corrected chi connectivity index (χ3v) is 5.60. The third-order valence-electron chi connectivity index (χ3n) is 4.44. The van der Waals surface area contributed by atoms with Crippen molar-refractivity contribution in [2.45, 2.75) is 11.0 Å². The molecule has 0 aromatic heterocycles. The fraction of sp³-hybridized carbons (Fsp3) is 0.368. The Hall–Kier alpha value is -1.63. The van der Waals surface area contributed by atoms with E-state index in [2.05, 4.69) is 4.90 Å². The molecular weight excluding hydrogens is 342 g/mol. The smallest absolute Gasteiger partial charge is 0.123 e. The molecule has 6 heteroatoms. The lowest BCUT2D eigenvalue weighted by molar-refractivity contribution is -0.903. The van der Waals surface area contributed by atoms with Crippen LogP contribution in [0.1, 0.15) is 0 Å². The second kappa shape index (κ2) is 8.65. The largest absolute Gasteiger partial charge is 0.386 e. The minimum atomic E-state index is -0.387. The number of hydrogen-bond acceptors (Lipinski definition) is 3. The highest BCUT2D eigenvalue weighted by Crippen LogP contribution is 2.19. The number of nitrogens with one attached hydrogen (secondary N) is 1. The van der Waals surface area contributed by atoms with Crippen LogP contribution in [0.15, 0.2) is 53.4 Å². The molecule has 134 valence electrons.